The lowest BCUT2D eigenvalue weighted by Gasteiger charge is -2.30. The lowest BCUT2D eigenvalue weighted by Crippen LogP contribution is -2.41. The van der Waals surface area contributed by atoms with E-state index >= 15 is 0 Å². The van der Waals surface area contributed by atoms with Crippen LogP contribution in [0.1, 0.15) is 69.0 Å². The topological polar surface area (TPSA) is 64.0 Å². The molecular weight excluding hydrogens is 302 g/mol. The maximum Gasteiger partial charge on any atom is 0.267 e. The molecule has 0 unspecified atom stereocenters. The Kier molecular flexibility index (Phi) is 4.25. The summed E-state index contributed by atoms with van der Waals surface area (Å²) in [6.45, 7) is 0. The molecule has 5 nitrogen and oxygen atoms in total. The first-order valence-corrected chi connectivity index (χ1v) is 9.26. The number of carbonyl (C=O) groups is 1. The number of hydrogen-bond donors (Lipinski definition) is 1. The van der Waals surface area contributed by atoms with Crippen LogP contribution in [0.2, 0.25) is 0 Å². The van der Waals surface area contributed by atoms with Gasteiger partial charge < -0.3 is 5.32 Å². The van der Waals surface area contributed by atoms with E-state index in [-0.39, 0.29) is 29.5 Å². The second-order valence-electron chi connectivity index (χ2n) is 7.47. The van der Waals surface area contributed by atoms with Gasteiger partial charge in [0.05, 0.1) is 11.7 Å². The van der Waals surface area contributed by atoms with Gasteiger partial charge in [0, 0.05) is 23.9 Å². The van der Waals surface area contributed by atoms with E-state index in [0.29, 0.717) is 5.92 Å². The summed E-state index contributed by atoms with van der Waals surface area (Å²) in [5, 5.41) is 7.82. The average Bonchev–Trinajstić information content (AvgIpc) is 3.30. The zero-order chi connectivity index (χ0) is 16.5. The minimum absolute atomic E-state index is 0.00363. The van der Waals surface area contributed by atoms with Crippen LogP contribution in [0.25, 0.3) is 0 Å². The smallest absolute Gasteiger partial charge is 0.267 e. The SMILES string of the molecule is O=C(NC1CCC(n2nc(C3CC3)ccc2=O)CC1)C1CC=CC1. The van der Waals surface area contributed by atoms with Gasteiger partial charge in [-0.25, -0.2) is 4.68 Å². The molecule has 3 aliphatic carbocycles. The molecule has 0 atom stereocenters. The second-order valence-corrected chi connectivity index (χ2v) is 7.47. The minimum Gasteiger partial charge on any atom is -0.353 e. The molecule has 0 aliphatic heterocycles. The molecule has 4 rings (SSSR count). The van der Waals surface area contributed by atoms with E-state index in [1.54, 1.807) is 10.7 Å². The molecule has 0 spiro atoms. The largest absolute Gasteiger partial charge is 0.353 e. The maximum absolute atomic E-state index is 12.2. The van der Waals surface area contributed by atoms with Crippen LogP contribution in [0.3, 0.4) is 0 Å². The molecule has 24 heavy (non-hydrogen) atoms. The van der Waals surface area contributed by atoms with Gasteiger partial charge in [-0.2, -0.15) is 5.10 Å². The first kappa shape index (κ1) is 15.6. The van der Waals surface area contributed by atoms with Crippen molar-refractivity contribution in [3.8, 4) is 0 Å². The van der Waals surface area contributed by atoms with Gasteiger partial charge >= 0.3 is 0 Å². The molecule has 2 saturated carbocycles. The highest BCUT2D eigenvalue weighted by Crippen LogP contribution is 2.38. The minimum atomic E-state index is 0.00363. The summed E-state index contributed by atoms with van der Waals surface area (Å²) in [6.07, 6.45) is 12.0. The normalized spacial score (nSPS) is 27.3. The van der Waals surface area contributed by atoms with Crippen molar-refractivity contribution in [1.82, 2.24) is 15.1 Å². The van der Waals surface area contributed by atoms with Gasteiger partial charge in [-0.3, -0.25) is 9.59 Å². The van der Waals surface area contributed by atoms with Crippen LogP contribution in [0.4, 0.5) is 0 Å². The molecule has 2 fully saturated rings. The maximum atomic E-state index is 12.2. The molecule has 0 bridgehead atoms. The van der Waals surface area contributed by atoms with Crippen LogP contribution < -0.4 is 10.9 Å². The molecule has 0 aromatic carbocycles. The van der Waals surface area contributed by atoms with E-state index in [0.717, 1.165) is 44.2 Å². The predicted molar refractivity (Wildman–Crippen MR) is 91.8 cm³/mol. The van der Waals surface area contributed by atoms with Crippen LogP contribution in [0.15, 0.2) is 29.1 Å². The number of hydrogen-bond acceptors (Lipinski definition) is 3. The molecule has 5 heteroatoms. The quantitative estimate of drug-likeness (QED) is 0.865. The third kappa shape index (κ3) is 3.30. The third-order valence-corrected chi connectivity index (χ3v) is 5.61. The van der Waals surface area contributed by atoms with E-state index in [4.69, 9.17) is 0 Å². The van der Waals surface area contributed by atoms with Crippen molar-refractivity contribution < 1.29 is 4.79 Å². The molecule has 1 N–H and O–H groups in total. The van der Waals surface area contributed by atoms with Crippen molar-refractivity contribution in [2.24, 2.45) is 5.92 Å². The van der Waals surface area contributed by atoms with Crippen LogP contribution >= 0.6 is 0 Å². The Morgan fingerprint density at radius 1 is 1.04 bits per heavy atom. The van der Waals surface area contributed by atoms with Crippen molar-refractivity contribution in [2.45, 2.75) is 69.4 Å². The summed E-state index contributed by atoms with van der Waals surface area (Å²) < 4.78 is 1.70. The molecule has 1 aromatic rings. The van der Waals surface area contributed by atoms with E-state index in [1.807, 2.05) is 6.07 Å². The third-order valence-electron chi connectivity index (χ3n) is 5.61. The van der Waals surface area contributed by atoms with Crippen molar-refractivity contribution in [3.63, 3.8) is 0 Å². The summed E-state index contributed by atoms with van der Waals surface area (Å²) in [4.78, 5) is 24.4. The number of aromatic nitrogens is 2. The molecule has 3 aliphatic rings. The number of rotatable bonds is 4. The molecule has 1 amide bonds. The van der Waals surface area contributed by atoms with Gasteiger partial charge in [0.25, 0.3) is 5.56 Å². The predicted octanol–water partition coefficient (Wildman–Crippen LogP) is 2.69. The second kappa shape index (κ2) is 6.54. The molecule has 0 saturated heterocycles. The Bertz CT molecular complexity index is 689. The fourth-order valence-electron chi connectivity index (χ4n) is 3.91. The Labute approximate surface area is 142 Å². The van der Waals surface area contributed by atoms with Gasteiger partial charge in [-0.1, -0.05) is 12.2 Å². The van der Waals surface area contributed by atoms with Crippen molar-refractivity contribution in [2.75, 3.05) is 0 Å². The highest BCUT2D eigenvalue weighted by Gasteiger charge is 2.29. The van der Waals surface area contributed by atoms with Crippen molar-refractivity contribution in [3.05, 3.63) is 40.3 Å². The highest BCUT2D eigenvalue weighted by molar-refractivity contribution is 5.79. The van der Waals surface area contributed by atoms with Crippen molar-refractivity contribution >= 4 is 5.91 Å². The first-order valence-electron chi connectivity index (χ1n) is 9.26. The highest BCUT2D eigenvalue weighted by atomic mass is 16.2. The van der Waals surface area contributed by atoms with Gasteiger partial charge in [-0.15, -0.1) is 0 Å². The van der Waals surface area contributed by atoms with Gasteiger partial charge in [0.1, 0.15) is 0 Å². The first-order chi connectivity index (χ1) is 11.7. The van der Waals surface area contributed by atoms with E-state index in [9.17, 15) is 9.59 Å². The van der Waals surface area contributed by atoms with Gasteiger partial charge in [0.2, 0.25) is 5.91 Å². The summed E-state index contributed by atoms with van der Waals surface area (Å²) in [6, 6.07) is 3.98. The number of nitrogens with one attached hydrogen (secondary N) is 1. The van der Waals surface area contributed by atoms with Crippen molar-refractivity contribution in [1.29, 1.82) is 0 Å². The number of amides is 1. The lowest BCUT2D eigenvalue weighted by molar-refractivity contribution is -0.125. The monoisotopic (exact) mass is 327 g/mol. The number of allylic oxidation sites excluding steroid dienone is 2. The fourth-order valence-corrected chi connectivity index (χ4v) is 3.91. The standard InChI is InChI=1S/C19H25N3O2/c23-18-12-11-17(13-5-6-13)21-22(18)16-9-7-15(8-10-16)20-19(24)14-3-1-2-4-14/h1-2,11-16H,3-10H2,(H,20,24). The number of nitrogens with zero attached hydrogens (tertiary/aromatic N) is 2. The Morgan fingerprint density at radius 3 is 2.42 bits per heavy atom. The molecule has 0 radical (unpaired) electrons. The van der Waals surface area contributed by atoms with E-state index < -0.39 is 0 Å². The molecule has 1 aromatic heterocycles. The zero-order valence-corrected chi connectivity index (χ0v) is 14.0. The molecular formula is C19H25N3O2. The Hall–Kier alpha value is -1.91. The summed E-state index contributed by atoms with van der Waals surface area (Å²) in [5.41, 5.74) is 1.07. The van der Waals surface area contributed by atoms with Crippen LogP contribution in [-0.4, -0.2) is 21.7 Å². The zero-order valence-electron chi connectivity index (χ0n) is 14.0. The van der Waals surface area contributed by atoms with Crippen LogP contribution in [-0.2, 0) is 4.79 Å². The van der Waals surface area contributed by atoms with Crippen LogP contribution in [0, 0.1) is 5.92 Å². The lowest BCUT2D eigenvalue weighted by atomic mass is 9.90. The summed E-state index contributed by atoms with van der Waals surface area (Å²) >= 11 is 0. The van der Waals surface area contributed by atoms with E-state index in [1.165, 1.54) is 12.8 Å². The van der Waals surface area contributed by atoms with Crippen LogP contribution in [0.5, 0.6) is 0 Å². The average molecular weight is 327 g/mol. The van der Waals surface area contributed by atoms with Gasteiger partial charge in [0.15, 0.2) is 0 Å². The van der Waals surface area contributed by atoms with E-state index in [2.05, 4.69) is 22.6 Å². The Balaban J connectivity index is 1.35. The fraction of sp³-hybridized carbons (Fsp3) is 0.632. The summed E-state index contributed by atoms with van der Waals surface area (Å²) in [7, 11) is 0. The summed E-state index contributed by atoms with van der Waals surface area (Å²) in [5.74, 6) is 0.879. The Morgan fingerprint density at radius 2 is 1.75 bits per heavy atom. The molecule has 128 valence electrons. The van der Waals surface area contributed by atoms with Gasteiger partial charge in [-0.05, 0) is 57.4 Å². The molecule has 1 heterocycles. The number of carbonyl (C=O) groups excluding carboxylic acids is 1.